The third-order valence-electron chi connectivity index (χ3n) is 4.46. The molecule has 0 aliphatic carbocycles. The minimum atomic E-state index is 0.427. The third kappa shape index (κ3) is 3.62. The first kappa shape index (κ1) is 15.8. The van der Waals surface area contributed by atoms with Crippen molar-refractivity contribution in [1.82, 2.24) is 9.88 Å². The van der Waals surface area contributed by atoms with E-state index in [1.165, 1.54) is 6.54 Å². The molecule has 0 amide bonds. The third-order valence-corrected chi connectivity index (χ3v) is 4.46. The lowest BCUT2D eigenvalue weighted by atomic mass is 10.0. The van der Waals surface area contributed by atoms with Crippen LogP contribution in [0.2, 0.25) is 0 Å². The normalized spacial score (nSPS) is 16.6. The Morgan fingerprint density at radius 3 is 2.74 bits per heavy atom. The van der Waals surface area contributed by atoms with E-state index >= 15 is 0 Å². The Kier molecular flexibility index (Phi) is 4.78. The van der Waals surface area contributed by atoms with Crippen LogP contribution in [0.5, 0.6) is 0 Å². The lowest BCUT2D eigenvalue weighted by Gasteiger charge is -2.34. The van der Waals surface area contributed by atoms with Gasteiger partial charge in [0.05, 0.1) is 16.8 Å². The molecule has 0 atom stereocenters. The highest BCUT2D eigenvalue weighted by atomic mass is 15.1. The van der Waals surface area contributed by atoms with Gasteiger partial charge in [0.25, 0.3) is 0 Å². The minimum Gasteiger partial charge on any atom is -0.381 e. The molecule has 1 aliphatic heterocycles. The van der Waals surface area contributed by atoms with E-state index in [-0.39, 0.29) is 0 Å². The predicted octanol–water partition coefficient (Wildman–Crippen LogP) is 3.64. The number of hydrogen-bond donors (Lipinski definition) is 1. The second-order valence-electron chi connectivity index (χ2n) is 6.79. The predicted molar refractivity (Wildman–Crippen MR) is 94.4 cm³/mol. The highest BCUT2D eigenvalue weighted by Gasteiger charge is 2.21. The summed E-state index contributed by atoms with van der Waals surface area (Å²) in [4.78, 5) is 6.92. The first-order valence-electron chi connectivity index (χ1n) is 8.44. The summed E-state index contributed by atoms with van der Waals surface area (Å²) in [6.45, 7) is 7.97. The minimum absolute atomic E-state index is 0.427. The number of aromatic nitrogens is 1. The summed E-state index contributed by atoms with van der Waals surface area (Å²) in [6, 6.07) is 10.7. The van der Waals surface area contributed by atoms with Crippen molar-refractivity contribution in [3.8, 4) is 6.07 Å². The van der Waals surface area contributed by atoms with Crippen LogP contribution in [0, 0.1) is 17.2 Å². The van der Waals surface area contributed by atoms with E-state index in [0.29, 0.717) is 17.5 Å². The number of likely N-dealkylation sites (tertiary alicyclic amines) is 1. The van der Waals surface area contributed by atoms with Gasteiger partial charge in [0.15, 0.2) is 0 Å². The van der Waals surface area contributed by atoms with Crippen molar-refractivity contribution >= 4 is 16.6 Å². The Labute approximate surface area is 138 Å². The van der Waals surface area contributed by atoms with E-state index in [1.807, 2.05) is 24.3 Å². The zero-order chi connectivity index (χ0) is 16.2. The Hall–Kier alpha value is -2.12. The molecule has 0 radical (unpaired) electrons. The van der Waals surface area contributed by atoms with E-state index < -0.39 is 0 Å². The van der Waals surface area contributed by atoms with Gasteiger partial charge in [-0.2, -0.15) is 5.26 Å². The lowest BCUT2D eigenvalue weighted by Crippen LogP contribution is -2.40. The van der Waals surface area contributed by atoms with Crippen LogP contribution in [0.25, 0.3) is 10.9 Å². The number of nitrogens with zero attached hydrogens (tertiary/aromatic N) is 3. The number of fused-ring (bicyclic) bond motifs is 1. The van der Waals surface area contributed by atoms with E-state index in [9.17, 15) is 5.26 Å². The molecule has 0 unspecified atom stereocenters. The summed E-state index contributed by atoms with van der Waals surface area (Å²) in [5.74, 6) is 0.717. The Balaban J connectivity index is 1.76. The average molecular weight is 308 g/mol. The number of nitriles is 1. The van der Waals surface area contributed by atoms with Crippen LogP contribution in [0.4, 0.5) is 5.69 Å². The maximum atomic E-state index is 9.41. The number of piperidine rings is 1. The van der Waals surface area contributed by atoms with Crippen molar-refractivity contribution in [3.63, 3.8) is 0 Å². The van der Waals surface area contributed by atoms with E-state index in [1.54, 1.807) is 6.20 Å². The Morgan fingerprint density at radius 2 is 2.04 bits per heavy atom. The van der Waals surface area contributed by atoms with Crippen LogP contribution in [0.15, 0.2) is 30.5 Å². The zero-order valence-corrected chi connectivity index (χ0v) is 13.9. The van der Waals surface area contributed by atoms with Crippen LogP contribution in [0.1, 0.15) is 32.3 Å². The van der Waals surface area contributed by atoms with Crippen molar-refractivity contribution in [1.29, 1.82) is 5.26 Å². The van der Waals surface area contributed by atoms with Crippen molar-refractivity contribution in [2.45, 2.75) is 32.7 Å². The van der Waals surface area contributed by atoms with Crippen molar-refractivity contribution in [2.75, 3.05) is 25.0 Å². The number of hydrogen-bond acceptors (Lipinski definition) is 4. The molecule has 2 aromatic rings. The molecular formula is C19H24N4. The van der Waals surface area contributed by atoms with Crippen molar-refractivity contribution < 1.29 is 0 Å². The van der Waals surface area contributed by atoms with Crippen LogP contribution >= 0.6 is 0 Å². The molecule has 1 aromatic carbocycles. The van der Waals surface area contributed by atoms with Gasteiger partial charge >= 0.3 is 0 Å². The SMILES string of the molecule is CC(C)CN1CCC(Nc2c(C#N)cnc3ccccc23)CC1. The fourth-order valence-electron chi connectivity index (χ4n) is 3.36. The molecule has 4 nitrogen and oxygen atoms in total. The van der Waals surface area contributed by atoms with Gasteiger partial charge in [-0.05, 0) is 24.8 Å². The largest absolute Gasteiger partial charge is 0.381 e. The van der Waals surface area contributed by atoms with Gasteiger partial charge in [-0.15, -0.1) is 0 Å². The monoisotopic (exact) mass is 308 g/mol. The lowest BCUT2D eigenvalue weighted by molar-refractivity contribution is 0.198. The van der Waals surface area contributed by atoms with Gasteiger partial charge in [0, 0.05) is 37.3 Å². The van der Waals surface area contributed by atoms with Crippen LogP contribution in [-0.4, -0.2) is 35.6 Å². The molecule has 4 heteroatoms. The highest BCUT2D eigenvalue weighted by Crippen LogP contribution is 2.27. The summed E-state index contributed by atoms with van der Waals surface area (Å²) in [5.41, 5.74) is 2.51. The molecule has 120 valence electrons. The van der Waals surface area contributed by atoms with Crippen LogP contribution < -0.4 is 5.32 Å². The number of pyridine rings is 1. The van der Waals surface area contributed by atoms with Gasteiger partial charge in [0.1, 0.15) is 6.07 Å². The second-order valence-corrected chi connectivity index (χ2v) is 6.79. The average Bonchev–Trinajstić information content (AvgIpc) is 2.56. The molecule has 1 fully saturated rings. The van der Waals surface area contributed by atoms with Gasteiger partial charge in [-0.3, -0.25) is 4.98 Å². The van der Waals surface area contributed by atoms with Gasteiger partial charge in [-0.25, -0.2) is 0 Å². The molecule has 1 saturated heterocycles. The number of nitrogens with one attached hydrogen (secondary N) is 1. The molecule has 0 spiro atoms. The van der Waals surface area contributed by atoms with Crippen molar-refractivity contribution in [2.24, 2.45) is 5.92 Å². The summed E-state index contributed by atoms with van der Waals surface area (Å²) >= 11 is 0. The first-order valence-corrected chi connectivity index (χ1v) is 8.44. The summed E-state index contributed by atoms with van der Waals surface area (Å²) < 4.78 is 0. The fourth-order valence-corrected chi connectivity index (χ4v) is 3.36. The van der Waals surface area contributed by atoms with Gasteiger partial charge in [-0.1, -0.05) is 32.0 Å². The second kappa shape index (κ2) is 6.97. The smallest absolute Gasteiger partial charge is 0.103 e. The maximum absolute atomic E-state index is 9.41. The molecule has 0 bridgehead atoms. The first-order chi connectivity index (χ1) is 11.2. The summed E-state index contributed by atoms with van der Waals surface area (Å²) in [7, 11) is 0. The fraction of sp³-hybridized carbons (Fsp3) is 0.474. The van der Waals surface area contributed by atoms with Crippen molar-refractivity contribution in [3.05, 3.63) is 36.0 Å². The number of rotatable bonds is 4. The topological polar surface area (TPSA) is 52.0 Å². The Morgan fingerprint density at radius 1 is 1.30 bits per heavy atom. The number of benzene rings is 1. The molecule has 1 aliphatic rings. The van der Waals surface area contributed by atoms with E-state index in [4.69, 9.17) is 0 Å². The highest BCUT2D eigenvalue weighted by molar-refractivity contribution is 5.93. The molecule has 1 aromatic heterocycles. The Bertz CT molecular complexity index is 709. The molecule has 0 saturated carbocycles. The quantitative estimate of drug-likeness (QED) is 0.937. The van der Waals surface area contributed by atoms with Gasteiger partial charge < -0.3 is 10.2 Å². The zero-order valence-electron chi connectivity index (χ0n) is 13.9. The van der Waals surface area contributed by atoms with E-state index in [2.05, 4.69) is 35.1 Å². The van der Waals surface area contributed by atoms with Crippen LogP contribution in [-0.2, 0) is 0 Å². The molecular weight excluding hydrogens is 284 g/mol. The standard InChI is InChI=1S/C19H24N4/c1-14(2)13-23-9-7-16(8-10-23)22-19-15(11-20)12-21-18-6-4-3-5-17(18)19/h3-6,12,14,16H,7-10,13H2,1-2H3,(H,21,22). The van der Waals surface area contributed by atoms with E-state index in [0.717, 1.165) is 42.5 Å². The molecule has 2 heterocycles. The molecule has 3 rings (SSSR count). The maximum Gasteiger partial charge on any atom is 0.103 e. The summed E-state index contributed by atoms with van der Waals surface area (Å²) in [6.07, 6.45) is 3.92. The molecule has 1 N–H and O–H groups in total. The molecule has 23 heavy (non-hydrogen) atoms. The number of para-hydroxylation sites is 1. The number of anilines is 1. The van der Waals surface area contributed by atoms with Crippen LogP contribution in [0.3, 0.4) is 0 Å². The van der Waals surface area contributed by atoms with Gasteiger partial charge in [0.2, 0.25) is 0 Å². The summed E-state index contributed by atoms with van der Waals surface area (Å²) in [5, 5.41) is 14.1.